The van der Waals surface area contributed by atoms with E-state index in [1.165, 1.54) is 44.8 Å². The lowest BCUT2D eigenvalue weighted by Gasteiger charge is -2.41. The van der Waals surface area contributed by atoms with Crippen LogP contribution >= 0.6 is 0 Å². The average Bonchev–Trinajstić information content (AvgIpc) is 3.35. The van der Waals surface area contributed by atoms with E-state index in [0.717, 1.165) is 22.9 Å². The van der Waals surface area contributed by atoms with Crippen molar-refractivity contribution in [2.75, 3.05) is 9.80 Å². The molecular formula is C42H32N4. The molecule has 6 aromatic rings. The van der Waals surface area contributed by atoms with Crippen LogP contribution in [-0.4, -0.2) is 6.17 Å². The molecule has 0 aliphatic carbocycles. The first-order valence-corrected chi connectivity index (χ1v) is 15.9. The summed E-state index contributed by atoms with van der Waals surface area (Å²) in [6.07, 6.45) is 4.36. The van der Waals surface area contributed by atoms with E-state index < -0.39 is 0 Å². The minimum Gasteiger partial charge on any atom is -0.371 e. The van der Waals surface area contributed by atoms with Gasteiger partial charge < -0.3 is 15.5 Å². The number of nitrogens with one attached hydrogen (secondary N) is 2. The third-order valence-corrected chi connectivity index (χ3v) is 9.27. The van der Waals surface area contributed by atoms with E-state index in [0.29, 0.717) is 0 Å². The van der Waals surface area contributed by atoms with Crippen LogP contribution in [0.1, 0.15) is 17.2 Å². The van der Waals surface area contributed by atoms with E-state index in [-0.39, 0.29) is 12.2 Å². The van der Waals surface area contributed by atoms with Gasteiger partial charge in [-0.25, -0.2) is 0 Å². The molecule has 6 aromatic carbocycles. The first-order valence-electron chi connectivity index (χ1n) is 15.9. The zero-order valence-electron chi connectivity index (χ0n) is 25.2. The Kier molecular flexibility index (Phi) is 6.24. The lowest BCUT2D eigenvalue weighted by Crippen LogP contribution is -2.53. The van der Waals surface area contributed by atoms with E-state index in [2.05, 4.69) is 190 Å². The minimum atomic E-state index is -0.0777. The van der Waals surface area contributed by atoms with Crippen molar-refractivity contribution in [2.24, 2.45) is 0 Å². The number of hydrogen-bond acceptors (Lipinski definition) is 4. The second-order valence-electron chi connectivity index (χ2n) is 11.9. The molecule has 3 aliphatic heterocycles. The molecule has 0 spiro atoms. The summed E-state index contributed by atoms with van der Waals surface area (Å²) in [5.74, 6) is 1.04. The number of hydrogen-bond donors (Lipinski definition) is 2. The highest BCUT2D eigenvalue weighted by Gasteiger charge is 2.44. The number of para-hydroxylation sites is 3. The van der Waals surface area contributed by atoms with Crippen LogP contribution in [0.15, 0.2) is 175 Å². The highest BCUT2D eigenvalue weighted by molar-refractivity contribution is 5.89. The summed E-state index contributed by atoms with van der Waals surface area (Å²) in [4.78, 5) is 4.85. The van der Waals surface area contributed by atoms with Crippen molar-refractivity contribution in [1.82, 2.24) is 10.6 Å². The summed E-state index contributed by atoms with van der Waals surface area (Å²) < 4.78 is 0. The smallest absolute Gasteiger partial charge is 0.136 e. The molecule has 2 atom stereocenters. The average molecular weight is 593 g/mol. The number of nitrogens with zero attached hydrogens (tertiary/aromatic N) is 2. The van der Waals surface area contributed by atoms with Crippen LogP contribution in [0, 0.1) is 0 Å². The van der Waals surface area contributed by atoms with Crippen LogP contribution in [0.3, 0.4) is 0 Å². The van der Waals surface area contributed by atoms with Crippen LogP contribution in [0.5, 0.6) is 0 Å². The quantitative estimate of drug-likeness (QED) is 0.213. The maximum Gasteiger partial charge on any atom is 0.136 e. The van der Waals surface area contributed by atoms with E-state index >= 15 is 0 Å². The SMILES string of the molecule is C1=Cc2ccccc2N(c2ccccc2)C2=C1NC1c3ccccc3N(c3ccc(-c4ccccc4)cc3-c3ccccc3)C1N2. The Hall–Kier alpha value is -6.00. The normalized spacial score (nSPS) is 17.7. The molecule has 9 rings (SSSR count). The fourth-order valence-electron chi connectivity index (χ4n) is 7.16. The molecule has 4 heteroatoms. The molecule has 0 aromatic heterocycles. The number of rotatable bonds is 4. The molecule has 2 unspecified atom stereocenters. The van der Waals surface area contributed by atoms with Gasteiger partial charge in [-0.3, -0.25) is 4.90 Å². The summed E-state index contributed by atoms with van der Waals surface area (Å²) in [5.41, 5.74) is 12.9. The predicted molar refractivity (Wildman–Crippen MR) is 190 cm³/mol. The van der Waals surface area contributed by atoms with E-state index in [1.54, 1.807) is 0 Å². The molecule has 220 valence electrons. The second kappa shape index (κ2) is 10.9. The lowest BCUT2D eigenvalue weighted by molar-refractivity contribution is 0.423. The van der Waals surface area contributed by atoms with Crippen molar-refractivity contribution in [3.05, 3.63) is 186 Å². The largest absolute Gasteiger partial charge is 0.371 e. The Balaban J connectivity index is 1.22. The van der Waals surface area contributed by atoms with E-state index in [1.807, 2.05) is 0 Å². The van der Waals surface area contributed by atoms with Crippen molar-refractivity contribution in [1.29, 1.82) is 0 Å². The van der Waals surface area contributed by atoms with Gasteiger partial charge in [0.05, 0.1) is 23.1 Å². The Morgan fingerprint density at radius 2 is 1.13 bits per heavy atom. The van der Waals surface area contributed by atoms with Crippen molar-refractivity contribution < 1.29 is 0 Å². The van der Waals surface area contributed by atoms with Crippen LogP contribution in [0.25, 0.3) is 28.3 Å². The number of allylic oxidation sites excluding steroid dienone is 1. The van der Waals surface area contributed by atoms with E-state index in [9.17, 15) is 0 Å². The monoisotopic (exact) mass is 592 g/mol. The van der Waals surface area contributed by atoms with Crippen LogP contribution in [0.2, 0.25) is 0 Å². The van der Waals surface area contributed by atoms with Crippen molar-refractivity contribution in [3.8, 4) is 22.3 Å². The molecule has 0 radical (unpaired) electrons. The second-order valence-corrected chi connectivity index (χ2v) is 11.9. The van der Waals surface area contributed by atoms with Crippen molar-refractivity contribution in [3.63, 3.8) is 0 Å². The maximum atomic E-state index is 4.09. The van der Waals surface area contributed by atoms with Gasteiger partial charge in [0.1, 0.15) is 12.0 Å². The number of benzene rings is 6. The van der Waals surface area contributed by atoms with Gasteiger partial charge in [-0.15, -0.1) is 0 Å². The van der Waals surface area contributed by atoms with Crippen LogP contribution < -0.4 is 20.4 Å². The van der Waals surface area contributed by atoms with Gasteiger partial charge in [0.15, 0.2) is 0 Å². The van der Waals surface area contributed by atoms with Gasteiger partial charge in [-0.05, 0) is 64.7 Å². The molecule has 0 amide bonds. The minimum absolute atomic E-state index is 0.0378. The van der Waals surface area contributed by atoms with Crippen LogP contribution in [0.4, 0.5) is 22.7 Å². The molecule has 4 nitrogen and oxygen atoms in total. The molecule has 0 bridgehead atoms. The first kappa shape index (κ1) is 26.4. The third-order valence-electron chi connectivity index (χ3n) is 9.27. The van der Waals surface area contributed by atoms with Gasteiger partial charge in [0.25, 0.3) is 0 Å². The fraction of sp³-hybridized carbons (Fsp3) is 0.0476. The van der Waals surface area contributed by atoms with Gasteiger partial charge >= 0.3 is 0 Å². The molecule has 0 saturated carbocycles. The molecule has 0 saturated heterocycles. The van der Waals surface area contributed by atoms with Gasteiger partial charge in [-0.1, -0.05) is 127 Å². The summed E-state index contributed by atoms with van der Waals surface area (Å²) in [7, 11) is 0. The van der Waals surface area contributed by atoms with Gasteiger partial charge in [0.2, 0.25) is 0 Å². The molecular weight excluding hydrogens is 560 g/mol. The predicted octanol–water partition coefficient (Wildman–Crippen LogP) is 9.77. The van der Waals surface area contributed by atoms with Gasteiger partial charge in [0, 0.05) is 22.5 Å². The Labute approximate surface area is 269 Å². The van der Waals surface area contributed by atoms with Crippen LogP contribution in [-0.2, 0) is 0 Å². The summed E-state index contributed by atoms with van der Waals surface area (Å²) in [6.45, 7) is 0. The summed E-state index contributed by atoms with van der Waals surface area (Å²) in [5, 5.41) is 8.08. The number of anilines is 4. The fourth-order valence-corrected chi connectivity index (χ4v) is 7.16. The summed E-state index contributed by atoms with van der Waals surface area (Å²) >= 11 is 0. The zero-order chi connectivity index (χ0) is 30.5. The van der Waals surface area contributed by atoms with Gasteiger partial charge in [-0.2, -0.15) is 0 Å². The van der Waals surface area contributed by atoms with Crippen molar-refractivity contribution >= 4 is 28.8 Å². The third kappa shape index (κ3) is 4.30. The highest BCUT2D eigenvalue weighted by atomic mass is 15.4. The van der Waals surface area contributed by atoms with Crippen molar-refractivity contribution in [2.45, 2.75) is 12.2 Å². The Morgan fingerprint density at radius 1 is 0.478 bits per heavy atom. The molecule has 3 aliphatic rings. The molecule has 3 heterocycles. The lowest BCUT2D eigenvalue weighted by atomic mass is 9.96. The highest BCUT2D eigenvalue weighted by Crippen LogP contribution is 2.50. The number of fused-ring (bicyclic) bond motifs is 4. The zero-order valence-corrected chi connectivity index (χ0v) is 25.2. The Bertz CT molecular complexity index is 2120. The molecule has 46 heavy (non-hydrogen) atoms. The molecule has 0 fully saturated rings. The Morgan fingerprint density at radius 3 is 1.91 bits per heavy atom. The summed E-state index contributed by atoms with van der Waals surface area (Å²) in [6, 6.07) is 56.4. The standard InChI is InChI=1S/C42H32N4/c1-4-14-29(15-5-1)32-25-27-39(35(28-32)30-16-6-2-7-17-30)46-38-23-13-11-21-34(38)40-42(46)44-41-36(43-40)26-24-31-18-10-12-22-37(31)45(41)33-19-8-3-9-20-33/h1-28,40,42-44H. The molecule has 2 N–H and O–H groups in total. The van der Waals surface area contributed by atoms with E-state index in [4.69, 9.17) is 0 Å². The first-order chi connectivity index (χ1) is 22.8. The topological polar surface area (TPSA) is 30.5 Å². The maximum absolute atomic E-state index is 4.09.